The van der Waals surface area contributed by atoms with Crippen molar-refractivity contribution in [2.45, 2.75) is 25.3 Å². The number of carbonyl (C=O) groups is 1. The van der Waals surface area contributed by atoms with Gasteiger partial charge in [-0.15, -0.1) is 0 Å². The summed E-state index contributed by atoms with van der Waals surface area (Å²) >= 11 is 6.06. The summed E-state index contributed by atoms with van der Waals surface area (Å²) in [4.78, 5) is 14.7. The fourth-order valence-electron chi connectivity index (χ4n) is 3.70. The third kappa shape index (κ3) is 5.56. The Bertz CT molecular complexity index is 853. The third-order valence-corrected chi connectivity index (χ3v) is 5.92. The number of rotatable bonds is 6. The van der Waals surface area contributed by atoms with E-state index < -0.39 is 11.0 Å². The fraction of sp³-hybridized carbons (Fsp3) is 0.381. The van der Waals surface area contributed by atoms with E-state index in [9.17, 15) is 9.00 Å². The maximum absolute atomic E-state index is 12.8. The van der Waals surface area contributed by atoms with E-state index in [1.807, 2.05) is 23.1 Å². The predicted molar refractivity (Wildman–Crippen MR) is 116 cm³/mol. The van der Waals surface area contributed by atoms with Crippen LogP contribution in [0.25, 0.3) is 0 Å². The molecule has 1 aliphatic heterocycles. The minimum Gasteiger partial charge on any atom is -0.339 e. The number of hydrogen-bond acceptors (Lipinski definition) is 3. The average molecular weight is 420 g/mol. The molecule has 1 fully saturated rings. The van der Waals surface area contributed by atoms with Crippen LogP contribution in [-0.4, -0.2) is 40.4 Å². The summed E-state index contributed by atoms with van der Waals surface area (Å²) in [5, 5.41) is 0.730. The monoisotopic (exact) mass is 419 g/mol. The maximum Gasteiger partial charge on any atom is 0.253 e. The average Bonchev–Trinajstić information content (AvgIpc) is 2.67. The molecule has 3 rings (SSSR count). The smallest absolute Gasteiger partial charge is 0.253 e. The first kappa shape index (κ1) is 20.8. The second-order valence-corrected chi connectivity index (χ2v) is 8.81. The summed E-state index contributed by atoms with van der Waals surface area (Å²) in [6.07, 6.45) is 4.14. The summed E-state index contributed by atoms with van der Waals surface area (Å²) in [5.74, 6) is 0.394. The lowest BCUT2D eigenvalue weighted by Crippen LogP contribution is -2.44. The molecular formula is C21H26ClN3O2S. The van der Waals surface area contributed by atoms with Gasteiger partial charge in [0.2, 0.25) is 0 Å². The van der Waals surface area contributed by atoms with Gasteiger partial charge in [0.25, 0.3) is 5.91 Å². The summed E-state index contributed by atoms with van der Waals surface area (Å²) in [7, 11) is -1.17. The number of carbonyl (C=O) groups excluding carboxylic acids is 1. The van der Waals surface area contributed by atoms with Crippen molar-refractivity contribution in [3.63, 3.8) is 0 Å². The van der Waals surface area contributed by atoms with Crippen molar-refractivity contribution in [2.24, 2.45) is 11.7 Å². The van der Waals surface area contributed by atoms with Gasteiger partial charge in [0.1, 0.15) is 11.0 Å². The molecule has 1 saturated heterocycles. The van der Waals surface area contributed by atoms with Crippen molar-refractivity contribution in [2.75, 3.05) is 24.1 Å². The topological polar surface area (TPSA) is 75.4 Å². The highest BCUT2D eigenvalue weighted by Crippen LogP contribution is 2.24. The molecule has 7 heteroatoms. The van der Waals surface area contributed by atoms with E-state index in [0.29, 0.717) is 30.3 Å². The Morgan fingerprint density at radius 3 is 2.64 bits per heavy atom. The molecule has 3 N–H and O–H groups in total. The highest BCUT2D eigenvalue weighted by molar-refractivity contribution is 7.85. The summed E-state index contributed by atoms with van der Waals surface area (Å²) < 4.78 is 14.2. The number of nitrogens with two attached hydrogens (primary N) is 1. The van der Waals surface area contributed by atoms with Crippen molar-refractivity contribution < 1.29 is 9.00 Å². The molecule has 5 nitrogen and oxygen atoms in total. The molecule has 150 valence electrons. The zero-order chi connectivity index (χ0) is 20.1. The molecule has 0 saturated carbocycles. The van der Waals surface area contributed by atoms with Gasteiger partial charge in [0.05, 0.1) is 0 Å². The SMILES string of the molecule is CS(=O)Nc1cccc(C(=O)N2CCC(C(N)Cc3cccc(Cl)c3)CC2)c1. The number of nitrogens with one attached hydrogen (secondary N) is 1. The number of nitrogens with zero attached hydrogens (tertiary/aromatic N) is 1. The van der Waals surface area contributed by atoms with Gasteiger partial charge >= 0.3 is 0 Å². The van der Waals surface area contributed by atoms with Crippen LogP contribution in [0.3, 0.4) is 0 Å². The molecule has 0 bridgehead atoms. The van der Waals surface area contributed by atoms with Crippen molar-refractivity contribution in [1.29, 1.82) is 0 Å². The number of piperidine rings is 1. The van der Waals surface area contributed by atoms with E-state index in [4.69, 9.17) is 17.3 Å². The van der Waals surface area contributed by atoms with E-state index >= 15 is 0 Å². The van der Waals surface area contributed by atoms with Gasteiger partial charge in [0, 0.05) is 41.7 Å². The van der Waals surface area contributed by atoms with Gasteiger partial charge in [-0.1, -0.05) is 29.8 Å². The van der Waals surface area contributed by atoms with Crippen LogP contribution in [0.5, 0.6) is 0 Å². The van der Waals surface area contributed by atoms with Crippen molar-refractivity contribution >= 4 is 34.2 Å². The van der Waals surface area contributed by atoms with E-state index in [1.54, 1.807) is 30.5 Å². The molecule has 1 heterocycles. The van der Waals surface area contributed by atoms with Crippen LogP contribution in [0.2, 0.25) is 5.02 Å². The molecule has 2 unspecified atom stereocenters. The molecule has 28 heavy (non-hydrogen) atoms. The molecule has 0 radical (unpaired) electrons. The molecular weight excluding hydrogens is 394 g/mol. The first-order chi connectivity index (χ1) is 13.4. The summed E-state index contributed by atoms with van der Waals surface area (Å²) in [6, 6.07) is 15.0. The Hall–Kier alpha value is -1.89. The van der Waals surface area contributed by atoms with Gasteiger partial charge in [-0.05, 0) is 61.1 Å². The summed E-state index contributed by atoms with van der Waals surface area (Å²) in [6.45, 7) is 1.40. The first-order valence-electron chi connectivity index (χ1n) is 9.42. The zero-order valence-electron chi connectivity index (χ0n) is 15.9. The van der Waals surface area contributed by atoms with Gasteiger partial charge in [-0.2, -0.15) is 0 Å². The normalized spacial score (nSPS) is 17.2. The Morgan fingerprint density at radius 1 is 1.25 bits per heavy atom. The van der Waals surface area contributed by atoms with Crippen LogP contribution in [0.4, 0.5) is 5.69 Å². The molecule has 2 aromatic rings. The standard InChI is InChI=1S/C21H26ClN3O2S/c1-28(27)24-19-7-3-5-17(14-19)21(26)25-10-8-16(9-11-25)20(23)13-15-4-2-6-18(22)12-15/h2-7,12,14,16,20,24H,8-11,13,23H2,1H3. The van der Waals surface area contributed by atoms with Crippen molar-refractivity contribution in [3.05, 3.63) is 64.7 Å². The Labute approximate surface area is 173 Å². The number of likely N-dealkylation sites (tertiary alicyclic amines) is 1. The van der Waals surface area contributed by atoms with Crippen LogP contribution in [0.1, 0.15) is 28.8 Å². The Balaban J connectivity index is 1.56. The lowest BCUT2D eigenvalue weighted by molar-refractivity contribution is 0.0678. The number of hydrogen-bond donors (Lipinski definition) is 2. The zero-order valence-corrected chi connectivity index (χ0v) is 17.5. The maximum atomic E-state index is 12.8. The number of anilines is 1. The van der Waals surface area contributed by atoms with E-state index in [2.05, 4.69) is 10.8 Å². The molecule has 2 atom stereocenters. The predicted octanol–water partition coefficient (Wildman–Crippen LogP) is 3.47. The van der Waals surface area contributed by atoms with Gasteiger partial charge < -0.3 is 15.4 Å². The quantitative estimate of drug-likeness (QED) is 0.752. The molecule has 0 spiro atoms. The largest absolute Gasteiger partial charge is 0.339 e. The third-order valence-electron chi connectivity index (χ3n) is 5.16. The fourth-order valence-corrected chi connectivity index (χ4v) is 4.37. The van der Waals surface area contributed by atoms with Gasteiger partial charge in [-0.25, -0.2) is 4.21 Å². The molecule has 1 amide bonds. The van der Waals surface area contributed by atoms with Crippen LogP contribution in [-0.2, 0) is 17.4 Å². The Kier molecular flexibility index (Phi) is 7.10. The van der Waals surface area contributed by atoms with Crippen molar-refractivity contribution in [3.8, 4) is 0 Å². The van der Waals surface area contributed by atoms with Gasteiger partial charge in [-0.3, -0.25) is 4.79 Å². The number of amides is 1. The first-order valence-corrected chi connectivity index (χ1v) is 11.4. The van der Waals surface area contributed by atoms with E-state index in [1.165, 1.54) is 0 Å². The second-order valence-electron chi connectivity index (χ2n) is 7.26. The van der Waals surface area contributed by atoms with Crippen molar-refractivity contribution in [1.82, 2.24) is 4.90 Å². The van der Waals surface area contributed by atoms with Crippen LogP contribution < -0.4 is 10.5 Å². The van der Waals surface area contributed by atoms with E-state index in [0.717, 1.165) is 29.8 Å². The van der Waals surface area contributed by atoms with Crippen LogP contribution in [0, 0.1) is 5.92 Å². The Morgan fingerprint density at radius 2 is 1.96 bits per heavy atom. The lowest BCUT2D eigenvalue weighted by Gasteiger charge is -2.35. The highest BCUT2D eigenvalue weighted by atomic mass is 35.5. The highest BCUT2D eigenvalue weighted by Gasteiger charge is 2.27. The molecule has 1 aliphatic rings. The number of halogens is 1. The second kappa shape index (κ2) is 9.54. The molecule has 0 aliphatic carbocycles. The molecule has 0 aromatic heterocycles. The summed E-state index contributed by atoms with van der Waals surface area (Å²) in [5.41, 5.74) is 8.89. The van der Waals surface area contributed by atoms with Gasteiger partial charge in [0.15, 0.2) is 0 Å². The van der Waals surface area contributed by atoms with E-state index in [-0.39, 0.29) is 11.9 Å². The van der Waals surface area contributed by atoms with Crippen LogP contribution >= 0.6 is 11.6 Å². The minimum atomic E-state index is -1.17. The van der Waals surface area contributed by atoms with Crippen LogP contribution in [0.15, 0.2) is 48.5 Å². The number of benzene rings is 2. The lowest BCUT2D eigenvalue weighted by atomic mass is 9.86. The molecule has 2 aromatic carbocycles. The minimum absolute atomic E-state index is 0.00685.